The van der Waals surface area contributed by atoms with Gasteiger partial charge in [-0.1, -0.05) is 15.9 Å². The van der Waals surface area contributed by atoms with Crippen LogP contribution in [0, 0.1) is 6.92 Å². The second-order valence-corrected chi connectivity index (χ2v) is 7.40. The first-order chi connectivity index (χ1) is 9.63. The number of rotatable bonds is 9. The first-order valence-electron chi connectivity index (χ1n) is 6.47. The van der Waals surface area contributed by atoms with Crippen LogP contribution in [0.15, 0.2) is 27.6 Å². The first-order valence-corrected chi connectivity index (χ1v) is 9.41. The number of thioether (sulfide) groups is 2. The van der Waals surface area contributed by atoms with E-state index in [0.29, 0.717) is 12.3 Å². The van der Waals surface area contributed by atoms with Gasteiger partial charge in [-0.05, 0) is 42.9 Å². The van der Waals surface area contributed by atoms with Crippen LogP contribution in [0.4, 0.5) is 0 Å². The van der Waals surface area contributed by atoms with E-state index in [9.17, 15) is 4.79 Å². The quantitative estimate of drug-likeness (QED) is 0.512. The fourth-order valence-corrected chi connectivity index (χ4v) is 3.60. The monoisotopic (exact) mass is 377 g/mol. The Bertz CT molecular complexity index is 430. The van der Waals surface area contributed by atoms with Crippen LogP contribution in [0.2, 0.25) is 0 Å². The normalized spacial score (nSPS) is 10.6. The lowest BCUT2D eigenvalue weighted by atomic mass is 10.2. The van der Waals surface area contributed by atoms with Gasteiger partial charge in [-0.2, -0.15) is 11.8 Å². The lowest BCUT2D eigenvalue weighted by molar-refractivity contribution is -0.118. The molecule has 0 bridgehead atoms. The Morgan fingerprint density at radius 3 is 2.90 bits per heavy atom. The number of aryl methyl sites for hydroxylation is 1. The molecule has 0 aliphatic rings. The predicted octanol–water partition coefficient (Wildman–Crippen LogP) is 3.08. The number of nitrogens with one attached hydrogen (secondary N) is 1. The number of hydrogen-bond acceptors (Lipinski definition) is 4. The van der Waals surface area contributed by atoms with Crippen molar-refractivity contribution in [3.63, 3.8) is 0 Å². The van der Waals surface area contributed by atoms with Gasteiger partial charge in [-0.3, -0.25) is 4.79 Å². The molecule has 20 heavy (non-hydrogen) atoms. The minimum atomic E-state index is 0.0695. The summed E-state index contributed by atoms with van der Waals surface area (Å²) in [7, 11) is 0. The summed E-state index contributed by atoms with van der Waals surface area (Å²) in [6.07, 6.45) is 0.817. The molecule has 0 aliphatic carbocycles. The van der Waals surface area contributed by atoms with E-state index in [-0.39, 0.29) is 12.5 Å². The number of hydrogen-bond donors (Lipinski definition) is 2. The zero-order chi connectivity index (χ0) is 14.8. The summed E-state index contributed by atoms with van der Waals surface area (Å²) in [5, 5.41) is 11.5. The van der Waals surface area contributed by atoms with Gasteiger partial charge in [0.15, 0.2) is 0 Å². The third kappa shape index (κ3) is 7.57. The Kier molecular flexibility index (Phi) is 9.42. The molecule has 1 amide bonds. The standard InChI is InChI=1S/C14H20BrNO2S2/c1-11-9-12(15)3-4-13(11)20-10-14(18)16-5-8-19-7-2-6-17/h3-4,9,17H,2,5-8,10H2,1H3,(H,16,18). The molecule has 2 N–H and O–H groups in total. The van der Waals surface area contributed by atoms with Crippen LogP contribution in [-0.4, -0.2) is 41.4 Å². The molecular weight excluding hydrogens is 358 g/mol. The topological polar surface area (TPSA) is 49.3 Å². The maximum atomic E-state index is 11.7. The van der Waals surface area contributed by atoms with E-state index >= 15 is 0 Å². The number of benzene rings is 1. The van der Waals surface area contributed by atoms with E-state index in [2.05, 4.69) is 27.3 Å². The third-order valence-corrected chi connectivity index (χ3v) is 5.25. The predicted molar refractivity (Wildman–Crippen MR) is 91.6 cm³/mol. The Morgan fingerprint density at radius 2 is 2.20 bits per heavy atom. The Balaban J connectivity index is 2.16. The number of halogens is 1. The lowest BCUT2D eigenvalue weighted by Gasteiger charge is -2.07. The summed E-state index contributed by atoms with van der Waals surface area (Å²) >= 11 is 6.74. The molecule has 1 aromatic rings. The van der Waals surface area contributed by atoms with Crippen LogP contribution in [0.1, 0.15) is 12.0 Å². The average molecular weight is 378 g/mol. The first kappa shape index (κ1) is 17.9. The van der Waals surface area contributed by atoms with Gasteiger partial charge in [0.05, 0.1) is 5.75 Å². The number of aliphatic hydroxyl groups excluding tert-OH is 1. The third-order valence-electron chi connectivity index (χ3n) is 2.51. The summed E-state index contributed by atoms with van der Waals surface area (Å²) in [6.45, 7) is 2.97. The number of amides is 1. The molecule has 6 heteroatoms. The highest BCUT2D eigenvalue weighted by Gasteiger charge is 2.04. The Labute approximate surface area is 137 Å². The van der Waals surface area contributed by atoms with E-state index in [4.69, 9.17) is 5.11 Å². The van der Waals surface area contributed by atoms with Crippen molar-refractivity contribution in [2.24, 2.45) is 0 Å². The maximum absolute atomic E-state index is 11.7. The number of aliphatic hydroxyl groups is 1. The Morgan fingerprint density at radius 1 is 1.40 bits per heavy atom. The highest BCUT2D eigenvalue weighted by molar-refractivity contribution is 9.10. The highest BCUT2D eigenvalue weighted by atomic mass is 79.9. The average Bonchev–Trinajstić information content (AvgIpc) is 2.41. The summed E-state index contributed by atoms with van der Waals surface area (Å²) in [5.74, 6) is 2.36. The van der Waals surface area contributed by atoms with E-state index in [0.717, 1.165) is 27.3 Å². The maximum Gasteiger partial charge on any atom is 0.230 e. The van der Waals surface area contributed by atoms with Crippen molar-refractivity contribution in [2.45, 2.75) is 18.2 Å². The zero-order valence-electron chi connectivity index (χ0n) is 11.5. The lowest BCUT2D eigenvalue weighted by Crippen LogP contribution is -2.27. The van der Waals surface area contributed by atoms with Gasteiger partial charge < -0.3 is 10.4 Å². The molecule has 0 saturated carbocycles. The van der Waals surface area contributed by atoms with Gasteiger partial charge in [0.1, 0.15) is 0 Å². The molecule has 3 nitrogen and oxygen atoms in total. The van der Waals surface area contributed by atoms with E-state index < -0.39 is 0 Å². The molecule has 0 fully saturated rings. The smallest absolute Gasteiger partial charge is 0.230 e. The molecule has 0 radical (unpaired) electrons. The molecule has 0 aromatic heterocycles. The molecule has 112 valence electrons. The van der Waals surface area contributed by atoms with E-state index in [1.807, 2.05) is 19.1 Å². The highest BCUT2D eigenvalue weighted by Crippen LogP contribution is 2.24. The molecule has 0 unspecified atom stereocenters. The summed E-state index contributed by atoms with van der Waals surface area (Å²) in [6, 6.07) is 6.07. The van der Waals surface area contributed by atoms with Crippen molar-refractivity contribution in [1.82, 2.24) is 5.32 Å². The summed E-state index contributed by atoms with van der Waals surface area (Å²) in [4.78, 5) is 12.8. The van der Waals surface area contributed by atoms with Crippen molar-refractivity contribution in [3.05, 3.63) is 28.2 Å². The van der Waals surface area contributed by atoms with Crippen molar-refractivity contribution >= 4 is 45.4 Å². The molecule has 1 aromatic carbocycles. The van der Waals surface area contributed by atoms with E-state index in [1.165, 1.54) is 5.56 Å². The van der Waals surface area contributed by atoms with Crippen LogP contribution in [0.25, 0.3) is 0 Å². The van der Waals surface area contributed by atoms with Gasteiger partial charge in [0.25, 0.3) is 0 Å². The molecule has 0 atom stereocenters. The second-order valence-electron chi connectivity index (χ2n) is 4.24. The van der Waals surface area contributed by atoms with Crippen LogP contribution in [0.3, 0.4) is 0 Å². The second kappa shape index (κ2) is 10.5. The molecular formula is C14H20BrNO2S2. The summed E-state index contributed by atoms with van der Waals surface area (Å²) in [5.41, 5.74) is 1.18. The minimum Gasteiger partial charge on any atom is -0.396 e. The molecule has 0 spiro atoms. The zero-order valence-corrected chi connectivity index (χ0v) is 14.7. The van der Waals surface area contributed by atoms with Crippen molar-refractivity contribution in [3.8, 4) is 0 Å². The SMILES string of the molecule is Cc1cc(Br)ccc1SCC(=O)NCCSCCCO. The fraction of sp³-hybridized carbons (Fsp3) is 0.500. The van der Waals surface area contributed by atoms with Crippen LogP contribution in [-0.2, 0) is 4.79 Å². The van der Waals surface area contributed by atoms with Gasteiger partial charge in [0.2, 0.25) is 5.91 Å². The van der Waals surface area contributed by atoms with Crippen molar-refractivity contribution in [2.75, 3.05) is 30.4 Å². The molecule has 1 rings (SSSR count). The van der Waals surface area contributed by atoms with Gasteiger partial charge >= 0.3 is 0 Å². The minimum absolute atomic E-state index is 0.0695. The fourth-order valence-electron chi connectivity index (χ4n) is 1.50. The van der Waals surface area contributed by atoms with Gasteiger partial charge in [-0.15, -0.1) is 11.8 Å². The molecule has 0 saturated heterocycles. The van der Waals surface area contributed by atoms with Crippen molar-refractivity contribution < 1.29 is 9.90 Å². The van der Waals surface area contributed by atoms with E-state index in [1.54, 1.807) is 23.5 Å². The molecule has 0 aliphatic heterocycles. The van der Waals surface area contributed by atoms with Crippen molar-refractivity contribution in [1.29, 1.82) is 0 Å². The summed E-state index contributed by atoms with van der Waals surface area (Å²) < 4.78 is 1.06. The van der Waals surface area contributed by atoms with Gasteiger partial charge in [-0.25, -0.2) is 0 Å². The molecule has 0 heterocycles. The van der Waals surface area contributed by atoms with Crippen LogP contribution in [0.5, 0.6) is 0 Å². The number of carbonyl (C=O) groups is 1. The van der Waals surface area contributed by atoms with Crippen LogP contribution < -0.4 is 5.32 Å². The Hall–Kier alpha value is -0.170. The number of carbonyl (C=O) groups excluding carboxylic acids is 1. The van der Waals surface area contributed by atoms with Crippen LogP contribution >= 0.6 is 39.5 Å². The largest absolute Gasteiger partial charge is 0.396 e. The van der Waals surface area contributed by atoms with Gasteiger partial charge in [0, 0.05) is 28.3 Å².